The van der Waals surface area contributed by atoms with Crippen LogP contribution in [0, 0.1) is 0 Å². The Kier molecular flexibility index (Phi) is 14.4. The molecule has 0 aliphatic rings. The monoisotopic (exact) mass is 598 g/mol. The first-order chi connectivity index (χ1) is 18.6. The van der Waals surface area contributed by atoms with Crippen molar-refractivity contribution in [2.75, 3.05) is 26.4 Å². The van der Waals surface area contributed by atoms with E-state index >= 15 is 0 Å². The molecule has 2 aromatic rings. The number of hydrogen-bond acceptors (Lipinski definition) is 11. The van der Waals surface area contributed by atoms with Crippen molar-refractivity contribution in [3.63, 3.8) is 0 Å². The molecule has 0 radical (unpaired) electrons. The highest BCUT2D eigenvalue weighted by Gasteiger charge is 2.26. The maximum atomic E-state index is 12.4. The highest BCUT2D eigenvalue weighted by Crippen LogP contribution is 2.47. The van der Waals surface area contributed by atoms with Crippen LogP contribution in [0.2, 0.25) is 0 Å². The zero-order chi connectivity index (χ0) is 28.9. The molecule has 0 atom stereocenters. The molecule has 8 nitrogen and oxygen atoms in total. The molecule has 0 amide bonds. The highest BCUT2D eigenvalue weighted by atomic mass is 32.2. The molecule has 2 heterocycles. The van der Waals surface area contributed by atoms with Gasteiger partial charge in [-0.3, -0.25) is 0 Å². The Morgan fingerprint density at radius 2 is 1.05 bits per heavy atom. The van der Waals surface area contributed by atoms with E-state index in [9.17, 15) is 9.59 Å². The van der Waals surface area contributed by atoms with Gasteiger partial charge < -0.3 is 28.4 Å². The van der Waals surface area contributed by atoms with Crippen molar-refractivity contribution < 1.29 is 38.0 Å². The lowest BCUT2D eigenvalue weighted by Crippen LogP contribution is -2.21. The third kappa shape index (κ3) is 10.2. The van der Waals surface area contributed by atoms with Crippen LogP contribution in [0.15, 0.2) is 43.5 Å². The SMILES string of the molecule is C=C(C)C(=O)Oc1csc(Sc2scc(OC(=O)C(=C)C)c2CC(OCC)OCC)c1CC(OCC)OCC. The summed E-state index contributed by atoms with van der Waals surface area (Å²) in [4.78, 5) is 24.7. The lowest BCUT2D eigenvalue weighted by molar-refractivity contribution is -0.136. The summed E-state index contributed by atoms with van der Waals surface area (Å²) in [5, 5.41) is 3.60. The van der Waals surface area contributed by atoms with Crippen LogP contribution in [-0.4, -0.2) is 50.9 Å². The number of carbonyl (C=O) groups excluding carboxylic acids is 2. The smallest absolute Gasteiger partial charge is 0.338 e. The molecule has 39 heavy (non-hydrogen) atoms. The molecule has 0 N–H and O–H groups in total. The number of ether oxygens (including phenoxy) is 6. The number of rotatable bonds is 18. The maximum Gasteiger partial charge on any atom is 0.338 e. The first-order valence-electron chi connectivity index (χ1n) is 12.7. The lowest BCUT2D eigenvalue weighted by Gasteiger charge is -2.19. The van der Waals surface area contributed by atoms with Gasteiger partial charge in [0.1, 0.15) is 11.5 Å². The fourth-order valence-electron chi connectivity index (χ4n) is 3.28. The van der Waals surface area contributed by atoms with Gasteiger partial charge in [0, 0.05) is 72.3 Å². The summed E-state index contributed by atoms with van der Waals surface area (Å²) < 4.78 is 36.3. The molecule has 11 heteroatoms. The minimum absolute atomic E-state index is 0.301. The number of carbonyl (C=O) groups is 2. The molecule has 0 unspecified atom stereocenters. The van der Waals surface area contributed by atoms with Gasteiger partial charge in [-0.25, -0.2) is 9.59 Å². The quantitative estimate of drug-likeness (QED) is 0.104. The summed E-state index contributed by atoms with van der Waals surface area (Å²) in [7, 11) is 0. The fraction of sp³-hybridized carbons (Fsp3) is 0.500. The van der Waals surface area contributed by atoms with Crippen LogP contribution in [0.5, 0.6) is 11.5 Å². The first-order valence-corrected chi connectivity index (χ1v) is 15.3. The maximum absolute atomic E-state index is 12.4. The number of esters is 2. The Bertz CT molecular complexity index is 1020. The van der Waals surface area contributed by atoms with Crippen molar-refractivity contribution in [1.82, 2.24) is 0 Å². The van der Waals surface area contributed by atoms with E-state index < -0.39 is 24.5 Å². The van der Waals surface area contributed by atoms with Crippen molar-refractivity contribution in [2.24, 2.45) is 0 Å². The lowest BCUT2D eigenvalue weighted by atomic mass is 10.2. The Labute approximate surface area is 243 Å². The summed E-state index contributed by atoms with van der Waals surface area (Å²) in [5.74, 6) is -0.129. The Morgan fingerprint density at radius 1 is 0.718 bits per heavy atom. The van der Waals surface area contributed by atoms with E-state index in [0.29, 0.717) is 61.9 Å². The van der Waals surface area contributed by atoms with Crippen LogP contribution in [0.4, 0.5) is 0 Å². The third-order valence-corrected chi connectivity index (χ3v) is 8.60. The van der Waals surface area contributed by atoms with Gasteiger partial charge in [-0.2, -0.15) is 0 Å². The average Bonchev–Trinajstić information content (AvgIpc) is 3.43. The second-order valence-corrected chi connectivity index (χ2v) is 11.6. The molecule has 0 aliphatic heterocycles. The second kappa shape index (κ2) is 17.0. The molecule has 2 rings (SSSR count). The van der Waals surface area contributed by atoms with Crippen LogP contribution >= 0.6 is 34.4 Å². The van der Waals surface area contributed by atoms with E-state index in [1.807, 2.05) is 27.7 Å². The van der Waals surface area contributed by atoms with Gasteiger partial charge in [0.05, 0.1) is 8.42 Å². The van der Waals surface area contributed by atoms with E-state index in [4.69, 9.17) is 28.4 Å². The normalized spacial score (nSPS) is 11.3. The van der Waals surface area contributed by atoms with Gasteiger partial charge in [0.15, 0.2) is 12.6 Å². The van der Waals surface area contributed by atoms with Crippen molar-refractivity contribution in [3.05, 3.63) is 46.2 Å². The first kappa shape index (κ1) is 33.2. The van der Waals surface area contributed by atoms with E-state index in [1.54, 1.807) is 24.6 Å². The van der Waals surface area contributed by atoms with Crippen molar-refractivity contribution >= 4 is 46.4 Å². The second-order valence-electron chi connectivity index (χ2n) is 8.26. The van der Waals surface area contributed by atoms with E-state index in [1.165, 1.54) is 34.4 Å². The van der Waals surface area contributed by atoms with Gasteiger partial charge in [0.2, 0.25) is 0 Å². The third-order valence-electron chi connectivity index (χ3n) is 5.07. The molecular weight excluding hydrogens is 561 g/mol. The van der Waals surface area contributed by atoms with Gasteiger partial charge in [0.25, 0.3) is 0 Å². The van der Waals surface area contributed by atoms with Crippen LogP contribution in [0.25, 0.3) is 0 Å². The molecular formula is C28H38O8S3. The fourth-order valence-corrected chi connectivity index (χ4v) is 6.85. The molecule has 0 aliphatic carbocycles. The zero-order valence-electron chi connectivity index (χ0n) is 23.5. The van der Waals surface area contributed by atoms with E-state index in [0.717, 1.165) is 19.5 Å². The van der Waals surface area contributed by atoms with E-state index in [-0.39, 0.29) is 0 Å². The van der Waals surface area contributed by atoms with E-state index in [2.05, 4.69) is 13.2 Å². The minimum atomic E-state index is -0.508. The Morgan fingerprint density at radius 3 is 1.33 bits per heavy atom. The number of thiophene rings is 2. The van der Waals surface area contributed by atoms with Crippen molar-refractivity contribution in [1.29, 1.82) is 0 Å². The number of hydrogen-bond donors (Lipinski definition) is 0. The molecule has 0 bridgehead atoms. The average molecular weight is 599 g/mol. The van der Waals surface area contributed by atoms with Gasteiger partial charge in [-0.15, -0.1) is 22.7 Å². The summed E-state index contributed by atoms with van der Waals surface area (Å²) in [6.45, 7) is 20.1. The molecule has 216 valence electrons. The molecule has 0 saturated heterocycles. The van der Waals surface area contributed by atoms with Crippen LogP contribution in [-0.2, 0) is 41.4 Å². The summed E-state index contributed by atoms with van der Waals surface area (Å²) >= 11 is 4.39. The molecule has 0 saturated carbocycles. The Hall–Kier alpha value is -1.99. The van der Waals surface area contributed by atoms with Crippen LogP contribution in [0.3, 0.4) is 0 Å². The van der Waals surface area contributed by atoms with Crippen LogP contribution < -0.4 is 9.47 Å². The zero-order valence-corrected chi connectivity index (χ0v) is 25.9. The minimum Gasteiger partial charge on any atom is -0.422 e. The van der Waals surface area contributed by atoms with Crippen molar-refractivity contribution in [2.45, 2.75) is 75.4 Å². The predicted molar refractivity (Wildman–Crippen MR) is 155 cm³/mol. The van der Waals surface area contributed by atoms with Crippen LogP contribution in [0.1, 0.15) is 52.7 Å². The predicted octanol–water partition coefficient (Wildman–Crippen LogP) is 6.81. The van der Waals surface area contributed by atoms with Gasteiger partial charge >= 0.3 is 11.9 Å². The largest absolute Gasteiger partial charge is 0.422 e. The molecule has 2 aromatic heterocycles. The molecule has 0 fully saturated rings. The Balaban J connectivity index is 2.51. The summed E-state index contributed by atoms with van der Waals surface area (Å²) in [6, 6.07) is 0. The topological polar surface area (TPSA) is 89.5 Å². The molecule has 0 spiro atoms. The standard InChI is InChI=1S/C28H38O8S3/c1-9-31-23(32-10-2)13-19-21(35-25(29)17(5)6)15-37-27(19)39-28-20(14-24(33-11-3)34-12-4)22(16-38-28)36-26(30)18(7)8/h15-16,23-24H,5,7,9-14H2,1-4,6,8H3. The highest BCUT2D eigenvalue weighted by molar-refractivity contribution is 8.03. The van der Waals surface area contributed by atoms with Crippen molar-refractivity contribution in [3.8, 4) is 11.5 Å². The van der Waals surface area contributed by atoms with Gasteiger partial charge in [-0.1, -0.05) is 24.9 Å². The summed E-state index contributed by atoms with van der Waals surface area (Å²) in [6.07, 6.45) is -0.256. The molecule has 0 aromatic carbocycles. The van der Waals surface area contributed by atoms with Gasteiger partial charge in [-0.05, 0) is 41.5 Å². The summed E-state index contributed by atoms with van der Waals surface area (Å²) in [5.41, 5.74) is 2.18.